The van der Waals surface area contributed by atoms with Gasteiger partial charge in [-0.2, -0.15) is 0 Å². The van der Waals surface area contributed by atoms with Crippen molar-refractivity contribution in [3.05, 3.63) is 59.0 Å². The predicted octanol–water partition coefficient (Wildman–Crippen LogP) is 3.10. The summed E-state index contributed by atoms with van der Waals surface area (Å²) in [5, 5.41) is 7.47. The van der Waals surface area contributed by atoms with Gasteiger partial charge in [0, 0.05) is 37.6 Å². The number of nitrogens with one attached hydrogen (secondary N) is 2. The van der Waals surface area contributed by atoms with Crippen molar-refractivity contribution in [2.45, 2.75) is 19.4 Å². The van der Waals surface area contributed by atoms with Crippen LogP contribution in [0, 0.1) is 0 Å². The number of hydrogen-bond donors (Lipinski definition) is 2. The van der Waals surface area contributed by atoms with Gasteiger partial charge in [0.25, 0.3) is 0 Å². The number of furan rings is 1. The molecule has 1 fully saturated rings. The summed E-state index contributed by atoms with van der Waals surface area (Å²) in [6.45, 7) is 7.65. The summed E-state index contributed by atoms with van der Waals surface area (Å²) in [6.07, 6.45) is 2.52. The average Bonchev–Trinajstić information content (AvgIpc) is 3.24. The van der Waals surface area contributed by atoms with Gasteiger partial charge in [0.1, 0.15) is 5.76 Å². The van der Waals surface area contributed by atoms with Gasteiger partial charge in [-0.1, -0.05) is 23.7 Å². The van der Waals surface area contributed by atoms with Crippen LogP contribution in [0.1, 0.15) is 24.3 Å². The molecule has 0 spiro atoms. The molecule has 1 saturated heterocycles. The molecule has 3 rings (SSSR count). The number of ether oxygens (including phenoxy) is 1. The van der Waals surface area contributed by atoms with E-state index in [1.54, 1.807) is 6.26 Å². The van der Waals surface area contributed by atoms with Crippen LogP contribution >= 0.6 is 11.6 Å². The zero-order valence-electron chi connectivity index (χ0n) is 16.4. The lowest BCUT2D eigenvalue weighted by Gasteiger charge is -2.34. The summed E-state index contributed by atoms with van der Waals surface area (Å²) < 4.78 is 10.9. The summed E-state index contributed by atoms with van der Waals surface area (Å²) in [6, 6.07) is 12.2. The van der Waals surface area contributed by atoms with Gasteiger partial charge in [-0.05, 0) is 36.8 Å². The van der Waals surface area contributed by atoms with Gasteiger partial charge in [0.05, 0.1) is 32.1 Å². The van der Waals surface area contributed by atoms with E-state index in [1.807, 2.05) is 24.3 Å². The van der Waals surface area contributed by atoms with E-state index in [-0.39, 0.29) is 6.04 Å². The van der Waals surface area contributed by atoms with Crippen molar-refractivity contribution in [2.24, 2.45) is 4.99 Å². The maximum absolute atomic E-state index is 6.08. The van der Waals surface area contributed by atoms with Crippen LogP contribution in [0.25, 0.3) is 0 Å². The zero-order valence-corrected chi connectivity index (χ0v) is 17.1. The Morgan fingerprint density at radius 1 is 1.18 bits per heavy atom. The molecule has 2 heterocycles. The van der Waals surface area contributed by atoms with Gasteiger partial charge >= 0.3 is 0 Å². The minimum Gasteiger partial charge on any atom is -0.469 e. The maximum atomic E-state index is 6.08. The highest BCUT2D eigenvalue weighted by Crippen LogP contribution is 2.24. The lowest BCUT2D eigenvalue weighted by molar-refractivity contribution is 0.0180. The third kappa shape index (κ3) is 6.26. The number of morpholine rings is 1. The van der Waals surface area contributed by atoms with Crippen molar-refractivity contribution < 1.29 is 9.15 Å². The Morgan fingerprint density at radius 3 is 2.64 bits per heavy atom. The molecule has 0 radical (unpaired) electrons. The summed E-state index contributed by atoms with van der Waals surface area (Å²) in [5.74, 6) is 1.79. The molecule has 7 heteroatoms. The lowest BCUT2D eigenvalue weighted by atomic mass is 10.0. The second-order valence-electron chi connectivity index (χ2n) is 6.69. The van der Waals surface area contributed by atoms with Crippen LogP contribution in [0.2, 0.25) is 5.02 Å². The van der Waals surface area contributed by atoms with Gasteiger partial charge in [-0.3, -0.25) is 9.89 Å². The molecule has 1 unspecified atom stereocenters. The number of halogens is 1. The fraction of sp³-hybridized carbons (Fsp3) is 0.476. The monoisotopic (exact) mass is 404 g/mol. The second kappa shape index (κ2) is 11.1. The highest BCUT2D eigenvalue weighted by Gasteiger charge is 2.22. The molecule has 28 heavy (non-hydrogen) atoms. The van der Waals surface area contributed by atoms with Crippen molar-refractivity contribution >= 4 is 17.6 Å². The zero-order chi connectivity index (χ0) is 19.6. The second-order valence-corrected chi connectivity index (χ2v) is 7.13. The fourth-order valence-corrected chi connectivity index (χ4v) is 3.41. The van der Waals surface area contributed by atoms with E-state index in [1.165, 1.54) is 5.56 Å². The number of guanidine groups is 1. The van der Waals surface area contributed by atoms with E-state index in [2.05, 4.69) is 34.6 Å². The maximum Gasteiger partial charge on any atom is 0.191 e. The SMILES string of the molecule is CCNC(=NCC(c1ccc(Cl)cc1)N1CCOCC1)NCCc1ccco1. The van der Waals surface area contributed by atoms with Crippen molar-refractivity contribution in [2.75, 3.05) is 45.9 Å². The molecule has 1 aliphatic heterocycles. The molecule has 1 aliphatic rings. The quantitative estimate of drug-likeness (QED) is 0.523. The van der Waals surface area contributed by atoms with Crippen LogP contribution < -0.4 is 10.6 Å². The number of aliphatic imine (C=N–C) groups is 1. The van der Waals surface area contributed by atoms with Crippen LogP contribution in [0.4, 0.5) is 0 Å². The first kappa shape index (κ1) is 20.7. The Labute approximate surface area is 171 Å². The van der Waals surface area contributed by atoms with Crippen molar-refractivity contribution in [1.82, 2.24) is 15.5 Å². The van der Waals surface area contributed by atoms with E-state index in [4.69, 9.17) is 25.7 Å². The van der Waals surface area contributed by atoms with Crippen molar-refractivity contribution in [3.8, 4) is 0 Å². The fourth-order valence-electron chi connectivity index (χ4n) is 3.28. The molecule has 0 amide bonds. The summed E-state index contributed by atoms with van der Waals surface area (Å²) in [5.41, 5.74) is 1.22. The molecular formula is C21H29ClN4O2. The average molecular weight is 405 g/mol. The standard InChI is InChI=1S/C21H29ClN4O2/c1-2-23-21(24-10-9-19-4-3-13-28-19)25-16-20(26-11-14-27-15-12-26)17-5-7-18(22)8-6-17/h3-8,13,20H,2,9-12,14-16H2,1H3,(H2,23,24,25). The molecule has 0 aliphatic carbocycles. The first-order valence-electron chi connectivity index (χ1n) is 9.88. The van der Waals surface area contributed by atoms with Gasteiger partial charge in [0.2, 0.25) is 0 Å². The highest BCUT2D eigenvalue weighted by atomic mass is 35.5. The van der Waals surface area contributed by atoms with Gasteiger partial charge < -0.3 is 19.8 Å². The van der Waals surface area contributed by atoms with Gasteiger partial charge in [-0.15, -0.1) is 0 Å². The molecule has 152 valence electrons. The molecule has 0 bridgehead atoms. The third-order valence-corrected chi connectivity index (χ3v) is 5.00. The number of hydrogen-bond acceptors (Lipinski definition) is 4. The Kier molecular flexibility index (Phi) is 8.21. The summed E-state index contributed by atoms with van der Waals surface area (Å²) in [7, 11) is 0. The molecule has 2 N–H and O–H groups in total. The Morgan fingerprint density at radius 2 is 1.96 bits per heavy atom. The molecule has 0 saturated carbocycles. The lowest BCUT2D eigenvalue weighted by Crippen LogP contribution is -2.42. The summed E-state index contributed by atoms with van der Waals surface area (Å²) >= 11 is 6.08. The minimum absolute atomic E-state index is 0.196. The molecule has 1 aromatic heterocycles. The van der Waals surface area contributed by atoms with E-state index in [9.17, 15) is 0 Å². The molecular weight excluding hydrogens is 376 g/mol. The predicted molar refractivity (Wildman–Crippen MR) is 113 cm³/mol. The first-order chi connectivity index (χ1) is 13.8. The van der Waals surface area contributed by atoms with Crippen molar-refractivity contribution in [1.29, 1.82) is 0 Å². The number of nitrogens with zero attached hydrogens (tertiary/aromatic N) is 2. The smallest absolute Gasteiger partial charge is 0.191 e. The molecule has 1 atom stereocenters. The normalized spacial score (nSPS) is 16.7. The summed E-state index contributed by atoms with van der Waals surface area (Å²) in [4.78, 5) is 7.29. The van der Waals surface area contributed by atoms with Crippen LogP contribution in [0.5, 0.6) is 0 Å². The largest absolute Gasteiger partial charge is 0.469 e. The Hall–Kier alpha value is -2.02. The number of rotatable bonds is 8. The third-order valence-electron chi connectivity index (χ3n) is 4.75. The highest BCUT2D eigenvalue weighted by molar-refractivity contribution is 6.30. The van der Waals surface area contributed by atoms with Crippen molar-refractivity contribution in [3.63, 3.8) is 0 Å². The Bertz CT molecular complexity index is 713. The first-order valence-corrected chi connectivity index (χ1v) is 10.3. The van der Waals surface area contributed by atoms with Crippen LogP contribution in [-0.4, -0.2) is 56.8 Å². The van der Waals surface area contributed by atoms with Gasteiger partial charge in [-0.25, -0.2) is 0 Å². The molecule has 1 aromatic carbocycles. The van der Waals surface area contributed by atoms with E-state index in [0.29, 0.717) is 6.54 Å². The molecule has 2 aromatic rings. The minimum atomic E-state index is 0.196. The van der Waals surface area contributed by atoms with Crippen LogP contribution in [-0.2, 0) is 11.2 Å². The number of benzene rings is 1. The van der Waals surface area contributed by atoms with E-state index < -0.39 is 0 Å². The van der Waals surface area contributed by atoms with Crippen LogP contribution in [0.3, 0.4) is 0 Å². The molecule has 6 nitrogen and oxygen atoms in total. The van der Waals surface area contributed by atoms with Gasteiger partial charge in [0.15, 0.2) is 5.96 Å². The van der Waals surface area contributed by atoms with E-state index in [0.717, 1.165) is 62.6 Å². The Balaban J connectivity index is 1.66. The van der Waals surface area contributed by atoms with E-state index >= 15 is 0 Å². The van der Waals surface area contributed by atoms with Crippen LogP contribution in [0.15, 0.2) is 52.1 Å². The topological polar surface area (TPSA) is 62.0 Å².